The Morgan fingerprint density at radius 3 is 2.52 bits per heavy atom. The molecule has 2 heterocycles. The lowest BCUT2D eigenvalue weighted by molar-refractivity contribution is 0.249. The van der Waals surface area contributed by atoms with Crippen molar-refractivity contribution in [1.82, 2.24) is 14.9 Å². The Morgan fingerprint density at radius 2 is 1.80 bits per heavy atom. The number of piperazine rings is 1. The molecule has 1 aliphatic rings. The molecule has 0 bridgehead atoms. The van der Waals surface area contributed by atoms with Crippen LogP contribution in [0.5, 0.6) is 0 Å². The van der Waals surface area contributed by atoms with E-state index in [1.54, 1.807) is 0 Å². The molecular formula is C20H29N5. The standard InChI is InChI=1S/C20H29N5/c1-3-4-12-23(2)20-21-11-10-19(22-20)25-15-13-24(14-16-25)17-18-8-6-5-7-9-18/h5-11H,3-4,12-17H2,1-2H3. The van der Waals surface area contributed by atoms with Crippen molar-refractivity contribution >= 4 is 11.8 Å². The van der Waals surface area contributed by atoms with Crippen LogP contribution in [0.25, 0.3) is 0 Å². The van der Waals surface area contributed by atoms with Crippen LogP contribution in [0.2, 0.25) is 0 Å². The van der Waals surface area contributed by atoms with E-state index in [2.05, 4.69) is 64.0 Å². The maximum absolute atomic E-state index is 4.78. The van der Waals surface area contributed by atoms with Gasteiger partial charge in [0.2, 0.25) is 5.95 Å². The fourth-order valence-corrected chi connectivity index (χ4v) is 3.17. The van der Waals surface area contributed by atoms with Crippen LogP contribution in [-0.2, 0) is 6.54 Å². The molecule has 134 valence electrons. The predicted molar refractivity (Wildman–Crippen MR) is 104 cm³/mol. The van der Waals surface area contributed by atoms with Crippen LogP contribution in [0, 0.1) is 0 Å². The molecule has 5 nitrogen and oxygen atoms in total. The molecular weight excluding hydrogens is 310 g/mol. The number of hydrogen-bond donors (Lipinski definition) is 0. The Morgan fingerprint density at radius 1 is 1.04 bits per heavy atom. The largest absolute Gasteiger partial charge is 0.354 e. The summed E-state index contributed by atoms with van der Waals surface area (Å²) >= 11 is 0. The third-order valence-electron chi connectivity index (χ3n) is 4.76. The van der Waals surface area contributed by atoms with Gasteiger partial charge in [0.05, 0.1) is 0 Å². The van der Waals surface area contributed by atoms with Gasteiger partial charge in [0, 0.05) is 52.5 Å². The van der Waals surface area contributed by atoms with Gasteiger partial charge in [0.1, 0.15) is 5.82 Å². The van der Waals surface area contributed by atoms with Crippen LogP contribution in [0.1, 0.15) is 25.3 Å². The molecule has 1 saturated heterocycles. The Hall–Kier alpha value is -2.14. The minimum atomic E-state index is 0.831. The van der Waals surface area contributed by atoms with Crippen molar-refractivity contribution in [1.29, 1.82) is 0 Å². The molecule has 1 fully saturated rings. The molecule has 2 aromatic rings. The number of benzene rings is 1. The van der Waals surface area contributed by atoms with Gasteiger partial charge in [-0.15, -0.1) is 0 Å². The predicted octanol–water partition coefficient (Wildman–Crippen LogP) is 3.04. The van der Waals surface area contributed by atoms with Crippen molar-refractivity contribution in [3.05, 3.63) is 48.2 Å². The highest BCUT2D eigenvalue weighted by molar-refractivity contribution is 5.43. The SMILES string of the molecule is CCCCN(C)c1nccc(N2CCN(Cc3ccccc3)CC2)n1. The van der Waals surface area contributed by atoms with Crippen molar-refractivity contribution in [3.8, 4) is 0 Å². The van der Waals surface area contributed by atoms with Gasteiger partial charge in [-0.1, -0.05) is 43.7 Å². The van der Waals surface area contributed by atoms with Gasteiger partial charge in [-0.2, -0.15) is 4.98 Å². The molecule has 1 aromatic heterocycles. The van der Waals surface area contributed by atoms with E-state index in [0.29, 0.717) is 0 Å². The summed E-state index contributed by atoms with van der Waals surface area (Å²) in [6.45, 7) is 8.41. The maximum Gasteiger partial charge on any atom is 0.226 e. The van der Waals surface area contributed by atoms with E-state index >= 15 is 0 Å². The number of aromatic nitrogens is 2. The maximum atomic E-state index is 4.78. The zero-order valence-corrected chi connectivity index (χ0v) is 15.4. The highest BCUT2D eigenvalue weighted by Crippen LogP contribution is 2.17. The molecule has 0 spiro atoms. The zero-order valence-electron chi connectivity index (χ0n) is 15.4. The first-order valence-corrected chi connectivity index (χ1v) is 9.31. The summed E-state index contributed by atoms with van der Waals surface area (Å²) in [5, 5.41) is 0. The second-order valence-electron chi connectivity index (χ2n) is 6.74. The van der Waals surface area contributed by atoms with Crippen molar-refractivity contribution in [2.24, 2.45) is 0 Å². The highest BCUT2D eigenvalue weighted by atomic mass is 15.3. The monoisotopic (exact) mass is 339 g/mol. The summed E-state index contributed by atoms with van der Waals surface area (Å²) in [4.78, 5) is 16.3. The average Bonchev–Trinajstić information content (AvgIpc) is 2.67. The lowest BCUT2D eigenvalue weighted by atomic mass is 10.2. The van der Waals surface area contributed by atoms with Crippen molar-refractivity contribution in [3.63, 3.8) is 0 Å². The molecule has 5 heteroatoms. The minimum absolute atomic E-state index is 0.831. The highest BCUT2D eigenvalue weighted by Gasteiger charge is 2.19. The lowest BCUT2D eigenvalue weighted by Gasteiger charge is -2.35. The van der Waals surface area contributed by atoms with Crippen molar-refractivity contribution in [2.75, 3.05) is 49.6 Å². The Bertz CT molecular complexity index is 638. The number of hydrogen-bond acceptors (Lipinski definition) is 5. The van der Waals surface area contributed by atoms with Crippen LogP contribution in [-0.4, -0.2) is 54.6 Å². The topological polar surface area (TPSA) is 35.5 Å². The van der Waals surface area contributed by atoms with E-state index in [1.807, 2.05) is 12.3 Å². The average molecular weight is 339 g/mol. The summed E-state index contributed by atoms with van der Waals surface area (Å²) in [7, 11) is 2.08. The second kappa shape index (κ2) is 8.81. The first-order valence-electron chi connectivity index (χ1n) is 9.31. The molecule has 0 unspecified atom stereocenters. The first kappa shape index (κ1) is 17.7. The van der Waals surface area contributed by atoms with Crippen LogP contribution >= 0.6 is 0 Å². The zero-order chi connectivity index (χ0) is 17.5. The quantitative estimate of drug-likeness (QED) is 0.775. The number of rotatable bonds is 7. The van der Waals surface area contributed by atoms with Crippen molar-refractivity contribution < 1.29 is 0 Å². The molecule has 1 aromatic carbocycles. The normalized spacial score (nSPS) is 15.4. The van der Waals surface area contributed by atoms with Gasteiger partial charge in [0.25, 0.3) is 0 Å². The Labute approximate surface area is 151 Å². The fraction of sp³-hybridized carbons (Fsp3) is 0.500. The molecule has 1 aliphatic heterocycles. The molecule has 0 aliphatic carbocycles. The van der Waals surface area contributed by atoms with Gasteiger partial charge >= 0.3 is 0 Å². The smallest absolute Gasteiger partial charge is 0.226 e. The van der Waals surface area contributed by atoms with Crippen molar-refractivity contribution in [2.45, 2.75) is 26.3 Å². The molecule has 0 amide bonds. The fourth-order valence-electron chi connectivity index (χ4n) is 3.17. The lowest BCUT2D eigenvalue weighted by Crippen LogP contribution is -2.46. The first-order chi connectivity index (χ1) is 12.3. The van der Waals surface area contributed by atoms with Gasteiger partial charge in [0.15, 0.2) is 0 Å². The summed E-state index contributed by atoms with van der Waals surface area (Å²) in [5.74, 6) is 1.88. The van der Waals surface area contributed by atoms with Crippen LogP contribution in [0.3, 0.4) is 0 Å². The third-order valence-corrected chi connectivity index (χ3v) is 4.76. The van der Waals surface area contributed by atoms with E-state index in [4.69, 9.17) is 4.98 Å². The summed E-state index contributed by atoms with van der Waals surface area (Å²) in [5.41, 5.74) is 1.39. The van der Waals surface area contributed by atoms with Crippen LogP contribution < -0.4 is 9.80 Å². The van der Waals surface area contributed by atoms with E-state index in [-0.39, 0.29) is 0 Å². The van der Waals surface area contributed by atoms with Crippen LogP contribution in [0.4, 0.5) is 11.8 Å². The Kier molecular flexibility index (Phi) is 6.23. The van der Waals surface area contributed by atoms with E-state index in [0.717, 1.165) is 51.0 Å². The minimum Gasteiger partial charge on any atom is -0.354 e. The van der Waals surface area contributed by atoms with Gasteiger partial charge in [-0.25, -0.2) is 4.98 Å². The third kappa shape index (κ3) is 4.92. The summed E-state index contributed by atoms with van der Waals surface area (Å²) in [6, 6.07) is 12.7. The van der Waals surface area contributed by atoms with Crippen LogP contribution in [0.15, 0.2) is 42.6 Å². The van der Waals surface area contributed by atoms with Gasteiger partial charge in [-0.3, -0.25) is 4.90 Å². The molecule has 0 N–H and O–H groups in total. The van der Waals surface area contributed by atoms with Gasteiger partial charge in [-0.05, 0) is 18.1 Å². The molecule has 0 radical (unpaired) electrons. The number of unbranched alkanes of at least 4 members (excludes halogenated alkanes) is 1. The molecule has 25 heavy (non-hydrogen) atoms. The van der Waals surface area contributed by atoms with Gasteiger partial charge < -0.3 is 9.80 Å². The molecule has 0 atom stereocenters. The van der Waals surface area contributed by atoms with E-state index < -0.39 is 0 Å². The number of anilines is 2. The van der Waals surface area contributed by atoms with E-state index in [1.165, 1.54) is 18.4 Å². The summed E-state index contributed by atoms with van der Waals surface area (Å²) in [6.07, 6.45) is 4.24. The second-order valence-corrected chi connectivity index (χ2v) is 6.74. The Balaban J connectivity index is 1.55. The van der Waals surface area contributed by atoms with E-state index in [9.17, 15) is 0 Å². The molecule has 3 rings (SSSR count). The molecule has 0 saturated carbocycles. The summed E-state index contributed by atoms with van der Waals surface area (Å²) < 4.78 is 0. The number of nitrogens with zero attached hydrogens (tertiary/aromatic N) is 5.